The molecule has 1 aliphatic carbocycles. The van der Waals surface area contributed by atoms with Crippen molar-refractivity contribution in [1.29, 1.82) is 0 Å². The first-order valence-electron chi connectivity index (χ1n) is 6.50. The number of nitrogens with one attached hydrogen (secondary N) is 1. The summed E-state index contributed by atoms with van der Waals surface area (Å²) in [5.74, 6) is -1.74. The summed E-state index contributed by atoms with van der Waals surface area (Å²) in [6.07, 6.45) is 0. The second-order valence-electron chi connectivity index (χ2n) is 5.01. The van der Waals surface area contributed by atoms with Crippen molar-refractivity contribution in [2.45, 2.75) is 10.3 Å². The van der Waals surface area contributed by atoms with Crippen LogP contribution in [-0.2, 0) is 4.79 Å². The van der Waals surface area contributed by atoms with E-state index in [0.29, 0.717) is 0 Å². The van der Waals surface area contributed by atoms with Crippen molar-refractivity contribution in [1.82, 2.24) is 0 Å². The summed E-state index contributed by atoms with van der Waals surface area (Å²) in [6, 6.07) is 15.3. The summed E-state index contributed by atoms with van der Waals surface area (Å²) in [5, 5.41) is 2.54. The predicted octanol–water partition coefficient (Wildman–Crippen LogP) is 4.35. The molecule has 1 saturated carbocycles. The molecule has 1 aliphatic rings. The molecule has 108 valence electrons. The first-order chi connectivity index (χ1) is 10.0. The molecule has 0 heterocycles. The monoisotopic (exact) mass is 323 g/mol. The lowest BCUT2D eigenvalue weighted by Gasteiger charge is -2.05. The van der Waals surface area contributed by atoms with E-state index >= 15 is 0 Å². The minimum Gasteiger partial charge on any atom is -0.323 e. The molecule has 2 nitrogen and oxygen atoms in total. The van der Waals surface area contributed by atoms with Crippen LogP contribution in [0, 0.1) is 11.7 Å². The van der Waals surface area contributed by atoms with Gasteiger partial charge in [0.15, 0.2) is 0 Å². The molecule has 1 N–H and O–H groups in total. The van der Waals surface area contributed by atoms with Crippen molar-refractivity contribution >= 4 is 34.8 Å². The number of hydrogen-bond acceptors (Lipinski definition) is 1. The van der Waals surface area contributed by atoms with Gasteiger partial charge in [-0.2, -0.15) is 0 Å². The van der Waals surface area contributed by atoms with Crippen LogP contribution in [0.3, 0.4) is 0 Å². The number of benzene rings is 2. The van der Waals surface area contributed by atoms with E-state index in [-0.39, 0.29) is 17.5 Å². The largest absolute Gasteiger partial charge is 0.323 e. The summed E-state index contributed by atoms with van der Waals surface area (Å²) in [4.78, 5) is 12.3. The Kier molecular flexibility index (Phi) is 3.64. The van der Waals surface area contributed by atoms with Gasteiger partial charge in [-0.3, -0.25) is 4.79 Å². The van der Waals surface area contributed by atoms with Crippen LogP contribution in [0.4, 0.5) is 10.1 Å². The fourth-order valence-corrected chi connectivity index (χ4v) is 3.33. The second-order valence-corrected chi connectivity index (χ2v) is 6.45. The minimum absolute atomic E-state index is 0.130. The molecule has 0 aliphatic heterocycles. The quantitative estimate of drug-likeness (QED) is 0.836. The van der Waals surface area contributed by atoms with E-state index < -0.39 is 16.1 Å². The maximum atomic E-state index is 13.6. The van der Waals surface area contributed by atoms with Crippen molar-refractivity contribution in [3.05, 3.63) is 66.0 Å². The number of para-hydroxylation sites is 1. The first kappa shape index (κ1) is 14.4. The summed E-state index contributed by atoms with van der Waals surface area (Å²) < 4.78 is 12.4. The Balaban J connectivity index is 1.79. The van der Waals surface area contributed by atoms with E-state index in [2.05, 4.69) is 5.32 Å². The van der Waals surface area contributed by atoms with Crippen LogP contribution in [0.25, 0.3) is 0 Å². The highest BCUT2D eigenvalue weighted by Crippen LogP contribution is 2.65. The molecule has 1 amide bonds. The molecule has 21 heavy (non-hydrogen) atoms. The average molecular weight is 324 g/mol. The Hall–Kier alpha value is -1.58. The van der Waals surface area contributed by atoms with Gasteiger partial charge in [-0.25, -0.2) is 4.39 Å². The van der Waals surface area contributed by atoms with Crippen molar-refractivity contribution in [3.63, 3.8) is 0 Å². The highest BCUT2D eigenvalue weighted by Gasteiger charge is 2.67. The van der Waals surface area contributed by atoms with E-state index in [1.54, 1.807) is 12.1 Å². The molecule has 1 fully saturated rings. The zero-order chi connectivity index (χ0) is 15.0. The van der Waals surface area contributed by atoms with Crippen LogP contribution in [0.1, 0.15) is 11.5 Å². The topological polar surface area (TPSA) is 29.1 Å². The third-order valence-electron chi connectivity index (χ3n) is 3.63. The molecule has 0 unspecified atom stereocenters. The van der Waals surface area contributed by atoms with Gasteiger partial charge in [0.05, 0.1) is 11.6 Å². The Morgan fingerprint density at radius 2 is 1.67 bits per heavy atom. The number of anilines is 1. The third kappa shape index (κ3) is 2.63. The SMILES string of the molecule is O=C(Nc1ccccc1F)[C@@H]1[C@H](c2ccccc2)C1(Cl)Cl. The van der Waals surface area contributed by atoms with Gasteiger partial charge in [0, 0.05) is 5.92 Å². The molecule has 0 saturated heterocycles. The van der Waals surface area contributed by atoms with Gasteiger partial charge in [0.25, 0.3) is 0 Å². The number of hydrogen-bond donors (Lipinski definition) is 1. The van der Waals surface area contributed by atoms with Crippen LogP contribution in [0.15, 0.2) is 54.6 Å². The van der Waals surface area contributed by atoms with Gasteiger partial charge in [0.1, 0.15) is 10.2 Å². The molecule has 3 rings (SSSR count). The molecule has 0 aromatic heterocycles. The van der Waals surface area contributed by atoms with Gasteiger partial charge in [-0.15, -0.1) is 23.2 Å². The molecule has 2 aromatic rings. The van der Waals surface area contributed by atoms with E-state index in [1.807, 2.05) is 30.3 Å². The van der Waals surface area contributed by atoms with Crippen molar-refractivity contribution < 1.29 is 9.18 Å². The zero-order valence-corrected chi connectivity index (χ0v) is 12.4. The summed E-state index contributed by atoms with van der Waals surface area (Å²) >= 11 is 12.4. The van der Waals surface area contributed by atoms with Gasteiger partial charge >= 0.3 is 0 Å². The van der Waals surface area contributed by atoms with Crippen molar-refractivity contribution in [3.8, 4) is 0 Å². The highest BCUT2D eigenvalue weighted by molar-refractivity contribution is 6.53. The van der Waals surface area contributed by atoms with Crippen LogP contribution in [0.5, 0.6) is 0 Å². The first-order valence-corrected chi connectivity index (χ1v) is 7.25. The second kappa shape index (κ2) is 5.32. The third-order valence-corrected chi connectivity index (χ3v) is 4.57. The van der Waals surface area contributed by atoms with E-state index in [9.17, 15) is 9.18 Å². The molecule has 0 spiro atoms. The van der Waals surface area contributed by atoms with Crippen molar-refractivity contribution in [2.75, 3.05) is 5.32 Å². The van der Waals surface area contributed by atoms with Gasteiger partial charge in [-0.05, 0) is 17.7 Å². The summed E-state index contributed by atoms with van der Waals surface area (Å²) in [5.41, 5.74) is 1.03. The Labute approximate surface area is 131 Å². The number of halogens is 3. The number of amides is 1. The van der Waals surface area contributed by atoms with Gasteiger partial charge in [0.2, 0.25) is 5.91 Å². The normalized spacial score (nSPS) is 22.6. The fraction of sp³-hybridized carbons (Fsp3) is 0.188. The standard InChI is InChI=1S/C16H12Cl2FNO/c17-16(18)13(10-6-2-1-3-7-10)14(16)15(21)20-12-9-5-4-8-11(12)19/h1-9,13-14H,(H,20,21)/t13-,14-/m0/s1. The highest BCUT2D eigenvalue weighted by atomic mass is 35.5. The van der Waals surface area contributed by atoms with Crippen LogP contribution < -0.4 is 5.32 Å². The molecule has 0 bridgehead atoms. The molecular weight excluding hydrogens is 312 g/mol. The lowest BCUT2D eigenvalue weighted by Crippen LogP contribution is -2.17. The Bertz CT molecular complexity index is 675. The van der Waals surface area contributed by atoms with Crippen LogP contribution >= 0.6 is 23.2 Å². The molecule has 2 aromatic carbocycles. The zero-order valence-electron chi connectivity index (χ0n) is 10.9. The minimum atomic E-state index is -1.16. The fourth-order valence-electron chi connectivity index (χ4n) is 2.50. The predicted molar refractivity (Wildman–Crippen MR) is 82.1 cm³/mol. The number of carbonyl (C=O) groups is 1. The van der Waals surface area contributed by atoms with Gasteiger partial charge < -0.3 is 5.32 Å². The molecule has 0 radical (unpaired) electrons. The molecular formula is C16H12Cl2FNO. The molecule has 2 atom stereocenters. The van der Waals surface area contributed by atoms with Gasteiger partial charge in [-0.1, -0.05) is 42.5 Å². The Morgan fingerprint density at radius 1 is 1.05 bits per heavy atom. The van der Waals surface area contributed by atoms with Crippen LogP contribution in [0.2, 0.25) is 0 Å². The van der Waals surface area contributed by atoms with E-state index in [4.69, 9.17) is 23.2 Å². The maximum Gasteiger partial charge on any atom is 0.231 e. The van der Waals surface area contributed by atoms with Crippen molar-refractivity contribution in [2.24, 2.45) is 5.92 Å². The van der Waals surface area contributed by atoms with Crippen LogP contribution in [-0.4, -0.2) is 10.2 Å². The Morgan fingerprint density at radius 3 is 2.33 bits per heavy atom. The lowest BCUT2D eigenvalue weighted by atomic mass is 10.1. The van der Waals surface area contributed by atoms with E-state index in [0.717, 1.165) is 5.56 Å². The number of alkyl halides is 2. The summed E-state index contributed by atoms with van der Waals surface area (Å²) in [6.45, 7) is 0. The number of carbonyl (C=O) groups excluding carboxylic acids is 1. The lowest BCUT2D eigenvalue weighted by molar-refractivity contribution is -0.117. The summed E-state index contributed by atoms with van der Waals surface area (Å²) in [7, 11) is 0. The average Bonchev–Trinajstić information content (AvgIpc) is 3.05. The molecule has 5 heteroatoms. The smallest absolute Gasteiger partial charge is 0.231 e. The maximum absolute atomic E-state index is 13.6. The van der Waals surface area contributed by atoms with E-state index in [1.165, 1.54) is 12.1 Å². The number of rotatable bonds is 3.